The Bertz CT molecular complexity index is 1220. The average molecular weight is 399 g/mol. The van der Waals surface area contributed by atoms with E-state index in [1.807, 2.05) is 6.20 Å². The number of benzene rings is 1. The quantitative estimate of drug-likeness (QED) is 0.711. The topological polar surface area (TPSA) is 55.0 Å². The van der Waals surface area contributed by atoms with Gasteiger partial charge in [0, 0.05) is 29.6 Å². The van der Waals surface area contributed by atoms with Gasteiger partial charge in [-0.2, -0.15) is 5.10 Å². The number of carbonyl (C=O) groups is 1. The molecule has 2 bridgehead atoms. The van der Waals surface area contributed by atoms with Crippen molar-refractivity contribution in [3.05, 3.63) is 59.3 Å². The molecule has 3 aliphatic carbocycles. The van der Waals surface area contributed by atoms with Crippen LogP contribution in [0, 0.1) is 11.3 Å². The molecule has 1 N–H and O–H groups in total. The SMILES string of the molecule is CC12CC=C3C=C4CCC(=O)CC45CCC3(O5)C1CC=C2c1ccc2cn[nH]c2c1. The molecule has 1 saturated heterocycles. The van der Waals surface area contributed by atoms with Crippen LogP contribution >= 0.6 is 0 Å². The lowest BCUT2D eigenvalue weighted by atomic mass is 9.58. The molecule has 2 fully saturated rings. The van der Waals surface area contributed by atoms with Gasteiger partial charge < -0.3 is 4.74 Å². The average Bonchev–Trinajstić information content (AvgIpc) is 3.41. The van der Waals surface area contributed by atoms with Gasteiger partial charge in [0.15, 0.2) is 0 Å². The highest BCUT2D eigenvalue weighted by Crippen LogP contribution is 2.67. The van der Waals surface area contributed by atoms with Gasteiger partial charge in [-0.05, 0) is 60.5 Å². The van der Waals surface area contributed by atoms with Crippen LogP contribution in [-0.4, -0.2) is 27.2 Å². The Hall–Kier alpha value is -2.46. The Labute approximate surface area is 176 Å². The predicted molar refractivity (Wildman–Crippen MR) is 116 cm³/mol. The van der Waals surface area contributed by atoms with E-state index in [0.717, 1.165) is 43.0 Å². The van der Waals surface area contributed by atoms with Crippen LogP contribution in [0.25, 0.3) is 16.5 Å². The van der Waals surface area contributed by atoms with Gasteiger partial charge in [-0.15, -0.1) is 0 Å². The molecule has 0 amide bonds. The molecule has 2 aromatic rings. The summed E-state index contributed by atoms with van der Waals surface area (Å²) < 4.78 is 7.07. The number of aromatic amines is 1. The molecular weight excluding hydrogens is 372 g/mol. The minimum absolute atomic E-state index is 0.0484. The van der Waals surface area contributed by atoms with Gasteiger partial charge in [-0.1, -0.05) is 37.3 Å². The number of aromatic nitrogens is 2. The first-order chi connectivity index (χ1) is 14.5. The summed E-state index contributed by atoms with van der Waals surface area (Å²) in [4.78, 5) is 12.3. The van der Waals surface area contributed by atoms with Crippen molar-refractivity contribution in [1.29, 1.82) is 0 Å². The van der Waals surface area contributed by atoms with Gasteiger partial charge >= 0.3 is 0 Å². The summed E-state index contributed by atoms with van der Waals surface area (Å²) in [6.07, 6.45) is 15.4. The number of ketones is 1. The van der Waals surface area contributed by atoms with Crippen molar-refractivity contribution in [2.24, 2.45) is 11.3 Å². The van der Waals surface area contributed by atoms with E-state index in [2.05, 4.69) is 53.5 Å². The molecule has 2 aliphatic heterocycles. The van der Waals surface area contributed by atoms with Crippen molar-refractivity contribution in [2.45, 2.75) is 63.1 Å². The predicted octanol–water partition coefficient (Wildman–Crippen LogP) is 5.28. The van der Waals surface area contributed by atoms with Crippen LogP contribution in [0.2, 0.25) is 0 Å². The summed E-state index contributed by atoms with van der Waals surface area (Å²) in [7, 11) is 0. The van der Waals surface area contributed by atoms with Crippen LogP contribution in [0.5, 0.6) is 0 Å². The molecule has 1 saturated carbocycles. The van der Waals surface area contributed by atoms with E-state index in [0.29, 0.717) is 24.5 Å². The lowest BCUT2D eigenvalue weighted by Gasteiger charge is -2.53. The standard InChI is InChI=1S/C26H26N2O2/c1-24-9-8-19-13-18-4-5-20(29)14-25(18)10-11-26(19,30-25)23(24)7-6-21(24)16-2-3-17-15-27-28-22(17)12-16/h2-3,6,8,12-13,15,23H,4-5,7,9-11,14H2,1H3,(H,27,28). The second-order valence-corrected chi connectivity index (χ2v) is 10.2. The van der Waals surface area contributed by atoms with Crippen LogP contribution in [-0.2, 0) is 9.53 Å². The number of rotatable bonds is 1. The van der Waals surface area contributed by atoms with Crippen molar-refractivity contribution >= 4 is 22.3 Å². The maximum absolute atomic E-state index is 12.3. The smallest absolute Gasteiger partial charge is 0.136 e. The summed E-state index contributed by atoms with van der Waals surface area (Å²) >= 11 is 0. The lowest BCUT2D eigenvalue weighted by molar-refractivity contribution is -0.143. The Morgan fingerprint density at radius 2 is 2.13 bits per heavy atom. The number of allylic oxidation sites excluding steroid dienone is 3. The van der Waals surface area contributed by atoms with Gasteiger partial charge in [0.05, 0.1) is 22.9 Å². The first-order valence-electron chi connectivity index (χ1n) is 11.3. The molecule has 30 heavy (non-hydrogen) atoms. The summed E-state index contributed by atoms with van der Waals surface area (Å²) in [5, 5.41) is 8.46. The number of Topliss-reactive ketones (excluding diaryl/α,β-unsaturated/α-hetero) is 1. The number of H-pyrrole nitrogens is 1. The molecule has 4 nitrogen and oxygen atoms in total. The van der Waals surface area contributed by atoms with Crippen molar-refractivity contribution in [1.82, 2.24) is 10.2 Å². The van der Waals surface area contributed by atoms with Gasteiger partial charge in [0.2, 0.25) is 0 Å². The Balaban J connectivity index is 1.33. The zero-order valence-electron chi connectivity index (χ0n) is 17.3. The highest BCUT2D eigenvalue weighted by atomic mass is 16.5. The molecule has 4 atom stereocenters. The number of hydrogen-bond donors (Lipinski definition) is 1. The van der Waals surface area contributed by atoms with Crippen LogP contribution in [0.3, 0.4) is 0 Å². The minimum Gasteiger partial charge on any atom is -0.359 e. The third-order valence-corrected chi connectivity index (χ3v) is 8.84. The summed E-state index contributed by atoms with van der Waals surface area (Å²) in [5.74, 6) is 0.792. The molecule has 7 rings (SSSR count). The fourth-order valence-electron chi connectivity index (χ4n) is 7.35. The summed E-state index contributed by atoms with van der Waals surface area (Å²) in [5.41, 5.74) is 6.08. The second kappa shape index (κ2) is 5.42. The Morgan fingerprint density at radius 1 is 1.20 bits per heavy atom. The molecular formula is C26H26N2O2. The highest BCUT2D eigenvalue weighted by Gasteiger charge is 2.65. The molecule has 0 radical (unpaired) electrons. The number of nitrogens with one attached hydrogen (secondary N) is 1. The van der Waals surface area contributed by atoms with Gasteiger partial charge in [0.1, 0.15) is 5.78 Å². The fraction of sp³-hybridized carbons (Fsp3) is 0.462. The largest absolute Gasteiger partial charge is 0.359 e. The molecule has 5 aliphatic rings. The molecule has 3 heterocycles. The van der Waals surface area contributed by atoms with E-state index in [9.17, 15) is 4.79 Å². The molecule has 4 unspecified atom stereocenters. The van der Waals surface area contributed by atoms with Crippen LogP contribution < -0.4 is 0 Å². The van der Waals surface area contributed by atoms with E-state index < -0.39 is 0 Å². The second-order valence-electron chi connectivity index (χ2n) is 10.2. The van der Waals surface area contributed by atoms with Gasteiger partial charge in [-0.25, -0.2) is 0 Å². The lowest BCUT2D eigenvalue weighted by Crippen LogP contribution is -2.53. The van der Waals surface area contributed by atoms with Crippen LogP contribution in [0.15, 0.2) is 53.8 Å². The summed E-state index contributed by atoms with van der Waals surface area (Å²) in [6.45, 7) is 2.43. The third-order valence-electron chi connectivity index (χ3n) is 8.84. The van der Waals surface area contributed by atoms with Crippen molar-refractivity contribution in [3.8, 4) is 0 Å². The van der Waals surface area contributed by atoms with Crippen molar-refractivity contribution in [3.63, 3.8) is 0 Å². The summed E-state index contributed by atoms with van der Waals surface area (Å²) in [6, 6.07) is 6.65. The van der Waals surface area contributed by atoms with E-state index in [1.165, 1.54) is 22.3 Å². The van der Waals surface area contributed by atoms with E-state index >= 15 is 0 Å². The minimum atomic E-state index is -0.317. The fourth-order valence-corrected chi connectivity index (χ4v) is 7.35. The molecule has 4 heteroatoms. The monoisotopic (exact) mass is 398 g/mol. The Morgan fingerprint density at radius 3 is 3.07 bits per heavy atom. The Kier molecular flexibility index (Phi) is 3.11. The molecule has 1 aromatic carbocycles. The number of carbonyl (C=O) groups excluding carboxylic acids is 1. The zero-order valence-corrected chi connectivity index (χ0v) is 17.3. The third kappa shape index (κ3) is 1.96. The van der Waals surface area contributed by atoms with Crippen molar-refractivity contribution < 1.29 is 9.53 Å². The normalized spacial score (nSPS) is 39.2. The van der Waals surface area contributed by atoms with Gasteiger partial charge in [-0.3, -0.25) is 9.89 Å². The molecule has 2 spiro atoms. The van der Waals surface area contributed by atoms with Crippen LogP contribution in [0.1, 0.15) is 57.4 Å². The first-order valence-corrected chi connectivity index (χ1v) is 11.3. The van der Waals surface area contributed by atoms with Crippen molar-refractivity contribution in [2.75, 3.05) is 0 Å². The molecule has 1 aromatic heterocycles. The first kappa shape index (κ1) is 17.2. The maximum Gasteiger partial charge on any atom is 0.136 e. The number of ether oxygens (including phenoxy) is 1. The number of fused-ring (bicyclic) bond motifs is 2. The molecule has 152 valence electrons. The van der Waals surface area contributed by atoms with Gasteiger partial charge in [0.25, 0.3) is 0 Å². The maximum atomic E-state index is 12.3. The zero-order chi connectivity index (χ0) is 20.1. The van der Waals surface area contributed by atoms with Crippen LogP contribution in [0.4, 0.5) is 0 Å². The number of hydrogen-bond acceptors (Lipinski definition) is 3. The highest BCUT2D eigenvalue weighted by molar-refractivity contribution is 5.85. The van der Waals surface area contributed by atoms with E-state index in [1.54, 1.807) is 0 Å². The van der Waals surface area contributed by atoms with E-state index in [4.69, 9.17) is 4.74 Å². The van der Waals surface area contributed by atoms with E-state index in [-0.39, 0.29) is 16.6 Å². The number of nitrogens with zero attached hydrogens (tertiary/aromatic N) is 1.